The summed E-state index contributed by atoms with van der Waals surface area (Å²) in [5.74, 6) is -0.273. The Kier molecular flexibility index (Phi) is 4.58. The van der Waals surface area contributed by atoms with Crippen molar-refractivity contribution in [2.75, 3.05) is 7.11 Å². The van der Waals surface area contributed by atoms with E-state index in [1.165, 1.54) is 0 Å². The van der Waals surface area contributed by atoms with Crippen LogP contribution in [0, 0.1) is 11.8 Å². The molecule has 0 amide bonds. The fourth-order valence-electron chi connectivity index (χ4n) is 2.90. The van der Waals surface area contributed by atoms with Crippen LogP contribution in [0.5, 0.6) is 5.75 Å². The third kappa shape index (κ3) is 3.45. The van der Waals surface area contributed by atoms with Gasteiger partial charge in [-0.3, -0.25) is 0 Å². The molecule has 2 N–H and O–H groups in total. The van der Waals surface area contributed by atoms with Crippen LogP contribution >= 0.6 is 0 Å². The van der Waals surface area contributed by atoms with Crippen LogP contribution in [0.15, 0.2) is 24.3 Å². The van der Waals surface area contributed by atoms with Gasteiger partial charge in [0.15, 0.2) is 0 Å². The lowest BCUT2D eigenvalue weighted by Crippen LogP contribution is -2.31. The van der Waals surface area contributed by atoms with Gasteiger partial charge in [0, 0.05) is 6.04 Å². The minimum Gasteiger partial charge on any atom is -0.497 e. The van der Waals surface area contributed by atoms with Crippen LogP contribution in [0.3, 0.4) is 0 Å². The number of methoxy groups -OCH3 is 1. The van der Waals surface area contributed by atoms with Gasteiger partial charge in [-0.05, 0) is 49.3 Å². The molecule has 1 saturated carbocycles. The summed E-state index contributed by atoms with van der Waals surface area (Å²) in [5.41, 5.74) is 7.15. The van der Waals surface area contributed by atoms with E-state index in [-0.39, 0.29) is 24.8 Å². The summed E-state index contributed by atoms with van der Waals surface area (Å²) in [6.45, 7) is 0. The molecule has 0 aliphatic heterocycles. The summed E-state index contributed by atoms with van der Waals surface area (Å²) in [4.78, 5) is 0. The molecule has 1 unspecified atom stereocenters. The molecule has 1 aromatic rings. The maximum atomic E-state index is 12.6. The fourth-order valence-corrected chi connectivity index (χ4v) is 2.90. The lowest BCUT2D eigenvalue weighted by Gasteiger charge is -2.33. The maximum absolute atomic E-state index is 12.6. The van der Waals surface area contributed by atoms with Crippen LogP contribution in [0.25, 0.3) is 0 Å². The van der Waals surface area contributed by atoms with Crippen LogP contribution in [0.4, 0.5) is 13.2 Å². The van der Waals surface area contributed by atoms with Crippen molar-refractivity contribution in [2.24, 2.45) is 17.6 Å². The third-order valence-corrected chi connectivity index (χ3v) is 4.24. The molecule has 0 spiro atoms. The Morgan fingerprint density at radius 1 is 1.10 bits per heavy atom. The topological polar surface area (TPSA) is 35.2 Å². The van der Waals surface area contributed by atoms with Gasteiger partial charge in [0.05, 0.1) is 13.0 Å². The Labute approximate surface area is 117 Å². The van der Waals surface area contributed by atoms with Gasteiger partial charge in [0.2, 0.25) is 0 Å². The standard InChI is InChI=1S/C15H20F3NO/c1-20-13-8-4-11(5-9-13)14(19)10-2-6-12(7-3-10)15(16,17)18/h4-5,8-10,12,14H,2-3,6-7,19H2,1H3. The second-order valence-electron chi connectivity index (χ2n) is 5.45. The number of hydrogen-bond acceptors (Lipinski definition) is 2. The lowest BCUT2D eigenvalue weighted by atomic mass is 9.77. The highest BCUT2D eigenvalue weighted by Crippen LogP contribution is 2.42. The predicted octanol–water partition coefficient (Wildman–Crippen LogP) is 4.06. The van der Waals surface area contributed by atoms with Crippen molar-refractivity contribution in [1.29, 1.82) is 0 Å². The Hall–Kier alpha value is -1.23. The van der Waals surface area contributed by atoms with E-state index in [4.69, 9.17) is 10.5 Å². The van der Waals surface area contributed by atoms with Gasteiger partial charge in [-0.25, -0.2) is 0 Å². The molecule has 0 heterocycles. The predicted molar refractivity (Wildman–Crippen MR) is 71.4 cm³/mol. The zero-order chi connectivity index (χ0) is 14.8. The number of alkyl halides is 3. The maximum Gasteiger partial charge on any atom is 0.391 e. The molecule has 0 saturated heterocycles. The first-order valence-corrected chi connectivity index (χ1v) is 6.88. The van der Waals surface area contributed by atoms with Crippen molar-refractivity contribution in [2.45, 2.75) is 37.9 Å². The van der Waals surface area contributed by atoms with Gasteiger partial charge in [0.25, 0.3) is 0 Å². The van der Waals surface area contributed by atoms with E-state index in [0.717, 1.165) is 11.3 Å². The highest BCUT2D eigenvalue weighted by molar-refractivity contribution is 5.29. The van der Waals surface area contributed by atoms with Crippen LogP contribution in [-0.2, 0) is 0 Å². The van der Waals surface area contributed by atoms with Gasteiger partial charge in [-0.15, -0.1) is 0 Å². The smallest absolute Gasteiger partial charge is 0.391 e. The molecule has 0 bridgehead atoms. The quantitative estimate of drug-likeness (QED) is 0.909. The van der Waals surface area contributed by atoms with E-state index in [1.54, 1.807) is 7.11 Å². The Morgan fingerprint density at radius 2 is 1.65 bits per heavy atom. The molecule has 112 valence electrons. The van der Waals surface area contributed by atoms with E-state index < -0.39 is 12.1 Å². The molecular formula is C15H20F3NO. The molecule has 0 radical (unpaired) electrons. The largest absolute Gasteiger partial charge is 0.497 e. The normalized spacial score (nSPS) is 25.2. The number of hydrogen-bond donors (Lipinski definition) is 1. The molecular weight excluding hydrogens is 267 g/mol. The van der Waals surface area contributed by atoms with E-state index in [1.807, 2.05) is 24.3 Å². The SMILES string of the molecule is COc1ccc(C(N)C2CCC(C(F)(F)F)CC2)cc1. The Balaban J connectivity index is 1.95. The average molecular weight is 287 g/mol. The zero-order valence-corrected chi connectivity index (χ0v) is 11.5. The molecule has 1 atom stereocenters. The third-order valence-electron chi connectivity index (χ3n) is 4.24. The number of benzene rings is 1. The summed E-state index contributed by atoms with van der Waals surface area (Å²) in [6.07, 6.45) is -2.60. The molecule has 1 fully saturated rings. The molecule has 1 aliphatic rings. The van der Waals surface area contributed by atoms with Crippen LogP contribution in [0.1, 0.15) is 37.3 Å². The molecule has 0 aromatic heterocycles. The minimum absolute atomic E-state index is 0.127. The van der Waals surface area contributed by atoms with E-state index >= 15 is 0 Å². The first-order valence-electron chi connectivity index (χ1n) is 6.88. The van der Waals surface area contributed by atoms with E-state index in [9.17, 15) is 13.2 Å². The second-order valence-corrected chi connectivity index (χ2v) is 5.45. The van der Waals surface area contributed by atoms with Gasteiger partial charge in [0.1, 0.15) is 5.75 Å². The summed E-state index contributed by atoms with van der Waals surface area (Å²) < 4.78 is 43.0. The second kappa shape index (κ2) is 6.04. The van der Waals surface area contributed by atoms with Crippen molar-refractivity contribution < 1.29 is 17.9 Å². The van der Waals surface area contributed by atoms with Gasteiger partial charge in [-0.2, -0.15) is 13.2 Å². The molecule has 1 aromatic carbocycles. The molecule has 1 aliphatic carbocycles. The summed E-state index contributed by atoms with van der Waals surface area (Å²) in [7, 11) is 1.59. The molecule has 5 heteroatoms. The van der Waals surface area contributed by atoms with Gasteiger partial charge in [-0.1, -0.05) is 12.1 Å². The molecule has 2 nitrogen and oxygen atoms in total. The van der Waals surface area contributed by atoms with Crippen molar-refractivity contribution in [3.63, 3.8) is 0 Å². The van der Waals surface area contributed by atoms with Crippen molar-refractivity contribution in [1.82, 2.24) is 0 Å². The van der Waals surface area contributed by atoms with Crippen molar-refractivity contribution >= 4 is 0 Å². The monoisotopic (exact) mass is 287 g/mol. The van der Waals surface area contributed by atoms with Crippen molar-refractivity contribution in [3.05, 3.63) is 29.8 Å². The molecule has 2 rings (SSSR count). The fraction of sp³-hybridized carbons (Fsp3) is 0.600. The van der Waals surface area contributed by atoms with Crippen LogP contribution < -0.4 is 10.5 Å². The summed E-state index contributed by atoms with van der Waals surface area (Å²) >= 11 is 0. The zero-order valence-electron chi connectivity index (χ0n) is 11.5. The summed E-state index contributed by atoms with van der Waals surface area (Å²) in [6, 6.07) is 7.24. The number of rotatable bonds is 3. The number of halogens is 3. The van der Waals surface area contributed by atoms with Crippen LogP contribution in [-0.4, -0.2) is 13.3 Å². The molecule has 20 heavy (non-hydrogen) atoms. The van der Waals surface area contributed by atoms with Gasteiger partial charge < -0.3 is 10.5 Å². The van der Waals surface area contributed by atoms with Gasteiger partial charge >= 0.3 is 6.18 Å². The average Bonchev–Trinajstić information content (AvgIpc) is 2.46. The van der Waals surface area contributed by atoms with Crippen molar-refractivity contribution in [3.8, 4) is 5.75 Å². The van der Waals surface area contributed by atoms with E-state index in [2.05, 4.69) is 0 Å². The first kappa shape index (κ1) is 15.2. The Morgan fingerprint density at radius 3 is 2.10 bits per heavy atom. The minimum atomic E-state index is -4.06. The Bertz CT molecular complexity index is 422. The highest BCUT2D eigenvalue weighted by atomic mass is 19.4. The summed E-state index contributed by atoms with van der Waals surface area (Å²) in [5, 5.41) is 0. The lowest BCUT2D eigenvalue weighted by molar-refractivity contribution is -0.184. The number of ether oxygens (including phenoxy) is 1. The highest BCUT2D eigenvalue weighted by Gasteiger charge is 2.42. The number of nitrogens with two attached hydrogens (primary N) is 1. The first-order chi connectivity index (χ1) is 9.41. The van der Waals surface area contributed by atoms with Crippen LogP contribution in [0.2, 0.25) is 0 Å². The van der Waals surface area contributed by atoms with E-state index in [0.29, 0.717) is 12.8 Å².